The number of carbonyl (C=O) groups excluding carboxylic acids is 3. The standard InChI is InChI=1S/C16H17Cl2N3O4/c1-16(10-2-3-11(17)12(18)8-10)14(23)21(15(24)19-16)9-13(22)20-4-6-25-7-5-20/h2-3,8H,4-7,9H2,1H3,(H,19,24)/t16-/m0/s1. The Balaban J connectivity index is 1.79. The Labute approximate surface area is 154 Å². The van der Waals surface area contributed by atoms with E-state index in [2.05, 4.69) is 5.32 Å². The number of rotatable bonds is 3. The molecule has 2 aliphatic heterocycles. The number of benzene rings is 1. The second-order valence-corrected chi connectivity index (χ2v) is 6.88. The molecule has 2 saturated heterocycles. The number of morpholine rings is 1. The molecule has 0 bridgehead atoms. The minimum Gasteiger partial charge on any atom is -0.378 e. The highest BCUT2D eigenvalue weighted by Gasteiger charge is 2.49. The summed E-state index contributed by atoms with van der Waals surface area (Å²) >= 11 is 11.9. The van der Waals surface area contributed by atoms with Gasteiger partial charge < -0.3 is 15.0 Å². The first-order chi connectivity index (χ1) is 11.8. The van der Waals surface area contributed by atoms with E-state index in [1.165, 1.54) is 6.07 Å². The number of halogens is 2. The molecule has 0 aromatic heterocycles. The molecule has 4 amide bonds. The molecular formula is C16H17Cl2N3O4. The van der Waals surface area contributed by atoms with Crippen LogP contribution in [0.2, 0.25) is 10.0 Å². The average molecular weight is 386 g/mol. The predicted molar refractivity (Wildman–Crippen MR) is 91.5 cm³/mol. The highest BCUT2D eigenvalue weighted by Crippen LogP contribution is 2.33. The van der Waals surface area contributed by atoms with Gasteiger partial charge in [-0.3, -0.25) is 14.5 Å². The molecule has 134 valence electrons. The van der Waals surface area contributed by atoms with Crippen LogP contribution < -0.4 is 5.32 Å². The molecule has 0 unspecified atom stereocenters. The van der Waals surface area contributed by atoms with Crippen molar-refractivity contribution >= 4 is 41.0 Å². The van der Waals surface area contributed by atoms with Gasteiger partial charge in [-0.1, -0.05) is 29.3 Å². The number of urea groups is 1. The number of carbonyl (C=O) groups is 3. The summed E-state index contributed by atoms with van der Waals surface area (Å²) in [6, 6.07) is 4.11. The van der Waals surface area contributed by atoms with Crippen molar-refractivity contribution in [2.24, 2.45) is 0 Å². The van der Waals surface area contributed by atoms with Crippen molar-refractivity contribution in [3.8, 4) is 0 Å². The molecule has 1 aromatic rings. The molecule has 0 spiro atoms. The van der Waals surface area contributed by atoms with Gasteiger partial charge in [0.2, 0.25) is 5.91 Å². The molecule has 7 nitrogen and oxygen atoms in total. The van der Waals surface area contributed by atoms with E-state index in [1.807, 2.05) is 0 Å². The van der Waals surface area contributed by atoms with Gasteiger partial charge in [0.15, 0.2) is 0 Å². The zero-order chi connectivity index (χ0) is 18.2. The minimum atomic E-state index is -1.30. The van der Waals surface area contributed by atoms with Crippen molar-refractivity contribution in [3.63, 3.8) is 0 Å². The van der Waals surface area contributed by atoms with Crippen LogP contribution in [0.1, 0.15) is 12.5 Å². The highest BCUT2D eigenvalue weighted by atomic mass is 35.5. The number of ether oxygens (including phenoxy) is 1. The second-order valence-electron chi connectivity index (χ2n) is 6.07. The molecule has 0 saturated carbocycles. The number of hydrogen-bond donors (Lipinski definition) is 1. The maximum atomic E-state index is 12.8. The third kappa shape index (κ3) is 3.31. The van der Waals surface area contributed by atoms with E-state index < -0.39 is 17.5 Å². The summed E-state index contributed by atoms with van der Waals surface area (Å²) in [6.45, 7) is 3.08. The number of imide groups is 1. The zero-order valence-corrected chi connectivity index (χ0v) is 15.1. The lowest BCUT2D eigenvalue weighted by molar-refractivity contribution is -0.141. The maximum absolute atomic E-state index is 12.8. The van der Waals surface area contributed by atoms with Crippen LogP contribution in [0.15, 0.2) is 18.2 Å². The summed E-state index contributed by atoms with van der Waals surface area (Å²) < 4.78 is 5.20. The number of nitrogens with one attached hydrogen (secondary N) is 1. The van der Waals surface area contributed by atoms with Crippen LogP contribution in [0, 0.1) is 0 Å². The highest BCUT2D eigenvalue weighted by molar-refractivity contribution is 6.42. The van der Waals surface area contributed by atoms with E-state index in [9.17, 15) is 14.4 Å². The predicted octanol–water partition coefficient (Wildman–Crippen LogP) is 1.62. The SMILES string of the molecule is C[C@@]1(c2ccc(Cl)c(Cl)c2)NC(=O)N(CC(=O)N2CCOCC2)C1=O. The minimum absolute atomic E-state index is 0.283. The molecule has 9 heteroatoms. The summed E-state index contributed by atoms with van der Waals surface area (Å²) in [7, 11) is 0. The van der Waals surface area contributed by atoms with Crippen molar-refractivity contribution in [1.29, 1.82) is 0 Å². The molecule has 2 fully saturated rings. The third-order valence-corrected chi connectivity index (χ3v) is 5.17. The van der Waals surface area contributed by atoms with Gasteiger partial charge in [-0.2, -0.15) is 0 Å². The molecule has 3 rings (SSSR count). The second kappa shape index (κ2) is 6.82. The first-order valence-electron chi connectivity index (χ1n) is 7.78. The lowest BCUT2D eigenvalue weighted by Gasteiger charge is -2.28. The van der Waals surface area contributed by atoms with E-state index >= 15 is 0 Å². The van der Waals surface area contributed by atoms with Crippen molar-refractivity contribution in [2.45, 2.75) is 12.5 Å². The summed E-state index contributed by atoms with van der Waals surface area (Å²) in [4.78, 5) is 40.0. The normalized spacial score (nSPS) is 23.8. The van der Waals surface area contributed by atoms with E-state index in [0.717, 1.165) is 4.90 Å². The van der Waals surface area contributed by atoms with Gasteiger partial charge in [0.1, 0.15) is 12.1 Å². The average Bonchev–Trinajstić information content (AvgIpc) is 2.82. The van der Waals surface area contributed by atoms with Crippen molar-refractivity contribution in [1.82, 2.24) is 15.1 Å². The van der Waals surface area contributed by atoms with Gasteiger partial charge in [-0.15, -0.1) is 0 Å². The fourth-order valence-corrected chi connectivity index (χ4v) is 3.19. The first kappa shape index (κ1) is 18.0. The Morgan fingerprint density at radius 2 is 1.92 bits per heavy atom. The van der Waals surface area contributed by atoms with E-state index in [4.69, 9.17) is 27.9 Å². The molecule has 25 heavy (non-hydrogen) atoms. The molecule has 1 atom stereocenters. The summed E-state index contributed by atoms with van der Waals surface area (Å²) in [6.07, 6.45) is 0. The van der Waals surface area contributed by atoms with Crippen LogP contribution in [-0.4, -0.2) is 60.5 Å². The summed E-state index contributed by atoms with van der Waals surface area (Å²) in [5, 5.41) is 3.28. The van der Waals surface area contributed by atoms with Crippen LogP contribution in [0.5, 0.6) is 0 Å². The van der Waals surface area contributed by atoms with E-state index in [-0.39, 0.29) is 17.5 Å². The first-order valence-corrected chi connectivity index (χ1v) is 8.53. The Hall–Kier alpha value is -1.83. The van der Waals surface area contributed by atoms with Crippen molar-refractivity contribution < 1.29 is 19.1 Å². The smallest absolute Gasteiger partial charge is 0.325 e. The molecule has 1 N–H and O–H groups in total. The molecule has 1 aromatic carbocycles. The Morgan fingerprint density at radius 1 is 1.24 bits per heavy atom. The molecule has 0 aliphatic carbocycles. The Morgan fingerprint density at radius 3 is 2.56 bits per heavy atom. The van der Waals surface area contributed by atoms with Crippen molar-refractivity contribution in [3.05, 3.63) is 33.8 Å². The zero-order valence-electron chi connectivity index (χ0n) is 13.6. The fraction of sp³-hybridized carbons (Fsp3) is 0.438. The van der Waals surface area contributed by atoms with Crippen LogP contribution in [0.25, 0.3) is 0 Å². The summed E-state index contributed by atoms with van der Waals surface area (Å²) in [5.41, 5.74) is -0.794. The number of hydrogen-bond acceptors (Lipinski definition) is 4. The third-order valence-electron chi connectivity index (χ3n) is 4.43. The van der Waals surface area contributed by atoms with Gasteiger partial charge >= 0.3 is 6.03 Å². The molecule has 2 aliphatic rings. The van der Waals surface area contributed by atoms with Crippen molar-refractivity contribution in [2.75, 3.05) is 32.8 Å². The fourth-order valence-electron chi connectivity index (χ4n) is 2.89. The summed E-state index contributed by atoms with van der Waals surface area (Å²) in [5.74, 6) is -0.789. The van der Waals surface area contributed by atoms with Gasteiger partial charge in [-0.05, 0) is 24.6 Å². The lowest BCUT2D eigenvalue weighted by Crippen LogP contribution is -2.47. The van der Waals surface area contributed by atoms with Crippen LogP contribution in [0.4, 0.5) is 4.79 Å². The molecular weight excluding hydrogens is 369 g/mol. The van der Waals surface area contributed by atoms with Crippen LogP contribution in [0.3, 0.4) is 0 Å². The van der Waals surface area contributed by atoms with Crippen LogP contribution in [-0.2, 0) is 19.9 Å². The molecule has 0 radical (unpaired) electrons. The van der Waals surface area contributed by atoms with E-state index in [1.54, 1.807) is 24.0 Å². The largest absolute Gasteiger partial charge is 0.378 e. The van der Waals surface area contributed by atoms with Gasteiger partial charge in [-0.25, -0.2) is 4.79 Å². The molecule has 2 heterocycles. The van der Waals surface area contributed by atoms with E-state index in [0.29, 0.717) is 36.9 Å². The number of nitrogens with zero attached hydrogens (tertiary/aromatic N) is 2. The van der Waals surface area contributed by atoms with Crippen LogP contribution >= 0.6 is 23.2 Å². The monoisotopic (exact) mass is 385 g/mol. The van der Waals surface area contributed by atoms with Gasteiger partial charge in [0.05, 0.1) is 23.3 Å². The van der Waals surface area contributed by atoms with Gasteiger partial charge in [0.25, 0.3) is 5.91 Å². The maximum Gasteiger partial charge on any atom is 0.325 e. The lowest BCUT2D eigenvalue weighted by atomic mass is 9.92. The number of amides is 4. The quantitative estimate of drug-likeness (QED) is 0.801. The topological polar surface area (TPSA) is 79.0 Å². The Bertz CT molecular complexity index is 736. The Kier molecular flexibility index (Phi) is 4.90. The van der Waals surface area contributed by atoms with Gasteiger partial charge in [0, 0.05) is 13.1 Å².